The number of nitrogens with two attached hydrogens (primary N) is 1. The predicted molar refractivity (Wildman–Crippen MR) is 142 cm³/mol. The Hall–Kier alpha value is -3.40. The van der Waals surface area contributed by atoms with Gasteiger partial charge in [-0.05, 0) is 57.4 Å². The fraction of sp³-hybridized carbons (Fsp3) is 0.538. The van der Waals surface area contributed by atoms with Crippen molar-refractivity contribution < 1.29 is 9.59 Å². The highest BCUT2D eigenvalue weighted by Gasteiger charge is 2.33. The van der Waals surface area contributed by atoms with E-state index in [2.05, 4.69) is 10.3 Å². The van der Waals surface area contributed by atoms with Gasteiger partial charge in [0.05, 0.1) is 13.1 Å². The van der Waals surface area contributed by atoms with Crippen LogP contribution in [0.15, 0.2) is 27.8 Å². The molecule has 0 atom stereocenters. The Morgan fingerprint density at radius 1 is 1.17 bits per heavy atom. The van der Waals surface area contributed by atoms with Gasteiger partial charge in [-0.2, -0.15) is 0 Å². The molecule has 1 saturated carbocycles. The van der Waals surface area contributed by atoms with Crippen LogP contribution in [-0.2, 0) is 16.1 Å². The third-order valence-corrected chi connectivity index (χ3v) is 6.85. The molecule has 2 aromatic rings. The van der Waals surface area contributed by atoms with Crippen molar-refractivity contribution in [2.75, 3.05) is 36.1 Å². The summed E-state index contributed by atoms with van der Waals surface area (Å²) in [7, 11) is 1.68. The summed E-state index contributed by atoms with van der Waals surface area (Å²) in [6, 6.07) is 5.52. The second-order valence-corrected chi connectivity index (χ2v) is 9.67. The molecule has 10 nitrogen and oxygen atoms in total. The first-order valence-electron chi connectivity index (χ1n) is 12.6. The Balaban J connectivity index is 1.81. The predicted octanol–water partition coefficient (Wildman–Crippen LogP) is 2.38. The van der Waals surface area contributed by atoms with Crippen LogP contribution in [0.3, 0.4) is 0 Å². The SMILES string of the molecule is CCCCn1c(N)c(N(C(=O)CN(C)CC(=O)Nc2cccc(C)c2C)C2CCCC2)c(=O)[nH]c1=O. The van der Waals surface area contributed by atoms with E-state index in [1.165, 1.54) is 9.47 Å². The van der Waals surface area contributed by atoms with Gasteiger partial charge in [0.2, 0.25) is 11.8 Å². The van der Waals surface area contributed by atoms with E-state index in [4.69, 9.17) is 5.73 Å². The zero-order valence-corrected chi connectivity index (χ0v) is 21.7. The number of nitrogen functional groups attached to an aromatic ring is 1. The zero-order chi connectivity index (χ0) is 26.4. The fourth-order valence-corrected chi connectivity index (χ4v) is 4.71. The minimum atomic E-state index is -0.666. The molecule has 0 saturated heterocycles. The average Bonchev–Trinajstić information content (AvgIpc) is 3.33. The molecule has 196 valence electrons. The van der Waals surface area contributed by atoms with E-state index >= 15 is 0 Å². The zero-order valence-electron chi connectivity index (χ0n) is 21.7. The number of carbonyl (C=O) groups excluding carboxylic acids is 2. The number of nitrogens with zero attached hydrogens (tertiary/aromatic N) is 3. The summed E-state index contributed by atoms with van der Waals surface area (Å²) in [6.07, 6.45) is 4.93. The largest absolute Gasteiger partial charge is 0.383 e. The number of aromatic amines is 1. The number of hydrogen-bond donors (Lipinski definition) is 3. The number of amides is 2. The molecule has 10 heteroatoms. The molecule has 0 bridgehead atoms. The van der Waals surface area contributed by atoms with Gasteiger partial charge < -0.3 is 16.0 Å². The summed E-state index contributed by atoms with van der Waals surface area (Å²) in [5.41, 5.74) is 7.91. The minimum Gasteiger partial charge on any atom is -0.383 e. The summed E-state index contributed by atoms with van der Waals surface area (Å²) < 4.78 is 1.33. The quantitative estimate of drug-likeness (QED) is 0.461. The molecular formula is C26H38N6O4. The molecular weight excluding hydrogens is 460 g/mol. The van der Waals surface area contributed by atoms with E-state index < -0.39 is 11.2 Å². The fourth-order valence-electron chi connectivity index (χ4n) is 4.71. The number of likely N-dealkylation sites (N-methyl/N-ethyl adjacent to an activating group) is 1. The van der Waals surface area contributed by atoms with Gasteiger partial charge in [0.15, 0.2) is 5.69 Å². The molecule has 0 unspecified atom stereocenters. The number of aromatic nitrogens is 2. The minimum absolute atomic E-state index is 0.000530. The van der Waals surface area contributed by atoms with Crippen LogP contribution in [-0.4, -0.2) is 52.4 Å². The van der Waals surface area contributed by atoms with E-state index in [9.17, 15) is 19.2 Å². The molecule has 0 radical (unpaired) electrons. The third kappa shape index (κ3) is 6.23. The molecule has 1 heterocycles. The Bertz CT molecular complexity index is 1210. The second kappa shape index (κ2) is 12.0. The van der Waals surface area contributed by atoms with E-state index in [0.717, 1.165) is 48.9 Å². The molecule has 0 spiro atoms. The van der Waals surface area contributed by atoms with Crippen LogP contribution in [0.25, 0.3) is 0 Å². The van der Waals surface area contributed by atoms with Crippen LogP contribution >= 0.6 is 0 Å². The Morgan fingerprint density at radius 2 is 1.86 bits per heavy atom. The summed E-state index contributed by atoms with van der Waals surface area (Å²) >= 11 is 0. The lowest BCUT2D eigenvalue weighted by atomic mass is 10.1. The topological polar surface area (TPSA) is 134 Å². The Kier molecular flexibility index (Phi) is 9.08. The number of rotatable bonds is 10. The standard InChI is InChI=1S/C26H38N6O4/c1-5-6-14-31-24(27)23(25(35)29-26(31)36)32(19-11-7-8-12-19)22(34)16-30(4)15-21(33)28-20-13-9-10-17(2)18(20)3/h9-10,13,19H,5-8,11-12,14-16,27H2,1-4H3,(H,28,33)(H,29,35,36). The van der Waals surface area contributed by atoms with Crippen LogP contribution in [0, 0.1) is 13.8 Å². The molecule has 36 heavy (non-hydrogen) atoms. The lowest BCUT2D eigenvalue weighted by Gasteiger charge is -2.31. The smallest absolute Gasteiger partial charge is 0.330 e. The number of hydrogen-bond acceptors (Lipinski definition) is 6. The van der Waals surface area contributed by atoms with E-state index in [1.54, 1.807) is 11.9 Å². The monoisotopic (exact) mass is 498 g/mol. The molecule has 1 fully saturated rings. The van der Waals surface area contributed by atoms with Gasteiger partial charge in [-0.1, -0.05) is 38.3 Å². The van der Waals surface area contributed by atoms with Gasteiger partial charge in [0, 0.05) is 18.3 Å². The van der Waals surface area contributed by atoms with Crippen LogP contribution in [0.2, 0.25) is 0 Å². The molecule has 0 aliphatic heterocycles. The van der Waals surface area contributed by atoms with Crippen LogP contribution in [0.5, 0.6) is 0 Å². The average molecular weight is 499 g/mol. The van der Waals surface area contributed by atoms with E-state index in [0.29, 0.717) is 13.0 Å². The first-order valence-corrected chi connectivity index (χ1v) is 12.6. The summed E-state index contributed by atoms with van der Waals surface area (Å²) in [6.45, 7) is 6.19. The van der Waals surface area contributed by atoms with Crippen LogP contribution in [0.1, 0.15) is 56.6 Å². The normalized spacial score (nSPS) is 13.8. The molecule has 2 amide bonds. The first-order chi connectivity index (χ1) is 17.1. The highest BCUT2D eigenvalue weighted by molar-refractivity contribution is 5.98. The Labute approximate surface area is 211 Å². The number of carbonyl (C=O) groups is 2. The highest BCUT2D eigenvalue weighted by Crippen LogP contribution is 2.29. The lowest BCUT2D eigenvalue weighted by molar-refractivity contribution is -0.121. The van der Waals surface area contributed by atoms with Gasteiger partial charge in [0.1, 0.15) is 5.82 Å². The van der Waals surface area contributed by atoms with E-state index in [1.807, 2.05) is 39.0 Å². The maximum Gasteiger partial charge on any atom is 0.330 e. The molecule has 1 aliphatic rings. The van der Waals surface area contributed by atoms with Crippen molar-refractivity contribution in [1.82, 2.24) is 14.5 Å². The number of aryl methyl sites for hydroxylation is 1. The van der Waals surface area contributed by atoms with Crippen LogP contribution < -0.4 is 27.2 Å². The molecule has 1 aromatic carbocycles. The summed E-state index contributed by atoms with van der Waals surface area (Å²) in [4.78, 5) is 56.9. The summed E-state index contributed by atoms with van der Waals surface area (Å²) in [5.74, 6) is -0.563. The molecule has 1 aromatic heterocycles. The number of unbranched alkanes of at least 4 members (excludes halogenated alkanes) is 1. The maximum atomic E-state index is 13.6. The lowest BCUT2D eigenvalue weighted by Crippen LogP contribution is -2.49. The van der Waals surface area contributed by atoms with Crippen molar-refractivity contribution >= 4 is 29.0 Å². The van der Waals surface area contributed by atoms with Gasteiger partial charge >= 0.3 is 5.69 Å². The van der Waals surface area contributed by atoms with Crippen molar-refractivity contribution in [3.05, 3.63) is 50.2 Å². The van der Waals surface area contributed by atoms with Crippen molar-refractivity contribution in [2.45, 2.75) is 71.9 Å². The first kappa shape index (κ1) is 27.2. The number of benzene rings is 1. The third-order valence-electron chi connectivity index (χ3n) is 6.85. The maximum absolute atomic E-state index is 13.6. The van der Waals surface area contributed by atoms with Crippen molar-refractivity contribution in [3.63, 3.8) is 0 Å². The van der Waals surface area contributed by atoms with Gasteiger partial charge in [0.25, 0.3) is 5.56 Å². The summed E-state index contributed by atoms with van der Waals surface area (Å²) in [5, 5.41) is 2.90. The van der Waals surface area contributed by atoms with Crippen LogP contribution in [0.4, 0.5) is 17.2 Å². The highest BCUT2D eigenvalue weighted by atomic mass is 16.2. The van der Waals surface area contributed by atoms with Crippen molar-refractivity contribution in [3.8, 4) is 0 Å². The molecule has 1 aliphatic carbocycles. The van der Waals surface area contributed by atoms with E-state index in [-0.39, 0.29) is 42.5 Å². The molecule has 3 rings (SSSR count). The number of anilines is 3. The Morgan fingerprint density at radius 3 is 2.53 bits per heavy atom. The van der Waals surface area contributed by atoms with Crippen molar-refractivity contribution in [2.24, 2.45) is 0 Å². The van der Waals surface area contributed by atoms with Gasteiger partial charge in [-0.3, -0.25) is 28.8 Å². The second-order valence-electron chi connectivity index (χ2n) is 9.67. The molecule has 4 N–H and O–H groups in total. The van der Waals surface area contributed by atoms with Gasteiger partial charge in [-0.25, -0.2) is 4.79 Å². The van der Waals surface area contributed by atoms with Crippen molar-refractivity contribution in [1.29, 1.82) is 0 Å². The van der Waals surface area contributed by atoms with Gasteiger partial charge in [-0.15, -0.1) is 0 Å². The number of H-pyrrole nitrogens is 1. The number of nitrogens with one attached hydrogen (secondary N) is 2.